The zero-order chi connectivity index (χ0) is 11.0. The summed E-state index contributed by atoms with van der Waals surface area (Å²) in [6.07, 6.45) is 11.0. The molecule has 1 N–H and O–H groups in total. The molecule has 0 aromatic rings. The Bertz CT molecular complexity index is 273. The highest BCUT2D eigenvalue weighted by Crippen LogP contribution is 2.37. The van der Waals surface area contributed by atoms with Crippen molar-refractivity contribution in [1.82, 2.24) is 10.2 Å². The van der Waals surface area contributed by atoms with Gasteiger partial charge in [-0.15, -0.1) is 0 Å². The summed E-state index contributed by atoms with van der Waals surface area (Å²) in [4.78, 5) is 2.47. The highest BCUT2D eigenvalue weighted by molar-refractivity contribution is 7.80. The first-order chi connectivity index (χ1) is 7.83. The first kappa shape index (κ1) is 10.8. The van der Waals surface area contributed by atoms with Crippen LogP contribution in [0.15, 0.2) is 0 Å². The highest BCUT2D eigenvalue weighted by Gasteiger charge is 2.39. The number of fused-ring (bicyclic) bond motifs is 2. The maximum absolute atomic E-state index is 5.57. The van der Waals surface area contributed by atoms with E-state index in [2.05, 4.69) is 10.2 Å². The molecule has 0 radical (unpaired) electrons. The van der Waals surface area contributed by atoms with E-state index in [4.69, 9.17) is 12.2 Å². The third kappa shape index (κ3) is 2.06. The predicted octanol–water partition coefficient (Wildman–Crippen LogP) is 2.68. The number of nitrogens with one attached hydrogen (secondary N) is 1. The fraction of sp³-hybridized carbons (Fsp3) is 0.923. The molecule has 0 spiro atoms. The van der Waals surface area contributed by atoms with Crippen LogP contribution in [0, 0.1) is 5.92 Å². The summed E-state index contributed by atoms with van der Waals surface area (Å²) in [7, 11) is 0. The maximum atomic E-state index is 5.57. The molecule has 3 aliphatic rings. The first-order valence-electron chi connectivity index (χ1n) is 6.90. The van der Waals surface area contributed by atoms with Gasteiger partial charge in [0, 0.05) is 18.6 Å². The van der Waals surface area contributed by atoms with Gasteiger partial charge in [-0.25, -0.2) is 0 Å². The molecule has 2 nitrogen and oxygen atoms in total. The maximum Gasteiger partial charge on any atom is 0.169 e. The van der Waals surface area contributed by atoms with Crippen LogP contribution in [0.5, 0.6) is 0 Å². The summed E-state index contributed by atoms with van der Waals surface area (Å²) in [5.74, 6) is 0.941. The van der Waals surface area contributed by atoms with E-state index in [0.29, 0.717) is 6.04 Å². The van der Waals surface area contributed by atoms with Crippen molar-refractivity contribution in [3.8, 4) is 0 Å². The fourth-order valence-corrected chi connectivity index (χ4v) is 4.07. The van der Waals surface area contributed by atoms with Crippen LogP contribution in [0.1, 0.15) is 51.4 Å². The zero-order valence-electron chi connectivity index (χ0n) is 9.95. The molecule has 2 bridgehead atoms. The van der Waals surface area contributed by atoms with Crippen LogP contribution in [0.2, 0.25) is 0 Å². The van der Waals surface area contributed by atoms with Crippen LogP contribution >= 0.6 is 12.2 Å². The van der Waals surface area contributed by atoms with Crippen LogP contribution in [0.4, 0.5) is 0 Å². The second-order valence-electron chi connectivity index (χ2n) is 5.77. The van der Waals surface area contributed by atoms with Gasteiger partial charge in [0.15, 0.2) is 5.11 Å². The normalized spacial score (nSPS) is 34.4. The lowest BCUT2D eigenvalue weighted by atomic mass is 9.96. The van der Waals surface area contributed by atoms with Crippen molar-refractivity contribution in [3.05, 3.63) is 0 Å². The zero-order valence-corrected chi connectivity index (χ0v) is 10.8. The van der Waals surface area contributed by atoms with Crippen LogP contribution in [0.25, 0.3) is 0 Å². The smallest absolute Gasteiger partial charge is 0.169 e. The molecule has 1 aliphatic heterocycles. The average molecular weight is 238 g/mol. The first-order valence-corrected chi connectivity index (χ1v) is 7.31. The lowest BCUT2D eigenvalue weighted by Crippen LogP contribution is -2.48. The van der Waals surface area contributed by atoms with E-state index in [0.717, 1.165) is 17.1 Å². The van der Waals surface area contributed by atoms with Gasteiger partial charge in [-0.1, -0.05) is 19.3 Å². The summed E-state index contributed by atoms with van der Waals surface area (Å²) in [5, 5.41) is 4.66. The van der Waals surface area contributed by atoms with Gasteiger partial charge in [0.2, 0.25) is 0 Å². The van der Waals surface area contributed by atoms with Gasteiger partial charge < -0.3 is 10.2 Å². The summed E-state index contributed by atoms with van der Waals surface area (Å²) in [5.41, 5.74) is 0. The van der Waals surface area contributed by atoms with Crippen molar-refractivity contribution in [1.29, 1.82) is 0 Å². The van der Waals surface area contributed by atoms with Gasteiger partial charge in [-0.3, -0.25) is 0 Å². The molecule has 2 saturated carbocycles. The van der Waals surface area contributed by atoms with Crippen molar-refractivity contribution in [2.45, 2.75) is 63.5 Å². The molecular weight excluding hydrogens is 216 g/mol. The molecule has 16 heavy (non-hydrogen) atoms. The van der Waals surface area contributed by atoms with Crippen molar-refractivity contribution in [2.75, 3.05) is 6.54 Å². The van der Waals surface area contributed by atoms with E-state index < -0.39 is 0 Å². The van der Waals surface area contributed by atoms with Gasteiger partial charge in [0.1, 0.15) is 0 Å². The number of hydrogen-bond acceptors (Lipinski definition) is 1. The molecule has 3 rings (SSSR count). The third-order valence-corrected chi connectivity index (χ3v) is 4.96. The van der Waals surface area contributed by atoms with Crippen LogP contribution in [0.3, 0.4) is 0 Å². The van der Waals surface area contributed by atoms with E-state index in [9.17, 15) is 0 Å². The van der Waals surface area contributed by atoms with E-state index in [1.54, 1.807) is 0 Å². The summed E-state index contributed by atoms with van der Waals surface area (Å²) in [6.45, 7) is 1.23. The molecule has 3 fully saturated rings. The molecule has 1 saturated heterocycles. The monoisotopic (exact) mass is 238 g/mol. The fourth-order valence-electron chi connectivity index (χ4n) is 3.68. The molecule has 1 heterocycles. The van der Waals surface area contributed by atoms with Crippen LogP contribution < -0.4 is 5.32 Å². The van der Waals surface area contributed by atoms with Gasteiger partial charge >= 0.3 is 0 Å². The quantitative estimate of drug-likeness (QED) is 0.707. The van der Waals surface area contributed by atoms with Crippen LogP contribution in [-0.2, 0) is 0 Å². The van der Waals surface area contributed by atoms with E-state index in [1.807, 2.05) is 0 Å². The summed E-state index contributed by atoms with van der Waals surface area (Å²) in [6, 6.07) is 1.44. The largest absolute Gasteiger partial charge is 0.360 e. The SMILES string of the molecule is S=C(NC1CCCCC1)N1CC2CCC1C2. The number of hydrogen-bond donors (Lipinski definition) is 1. The minimum atomic E-state index is 0.667. The molecule has 2 atom stereocenters. The Morgan fingerprint density at radius 1 is 1.06 bits per heavy atom. The van der Waals surface area contributed by atoms with Crippen molar-refractivity contribution in [3.63, 3.8) is 0 Å². The van der Waals surface area contributed by atoms with Gasteiger partial charge in [-0.05, 0) is 50.2 Å². The molecule has 3 heteroatoms. The van der Waals surface area contributed by atoms with E-state index in [1.165, 1.54) is 57.9 Å². The Balaban J connectivity index is 1.53. The Morgan fingerprint density at radius 2 is 1.88 bits per heavy atom. The minimum Gasteiger partial charge on any atom is -0.360 e. The molecule has 0 aromatic carbocycles. The van der Waals surface area contributed by atoms with Gasteiger partial charge in [-0.2, -0.15) is 0 Å². The Morgan fingerprint density at radius 3 is 2.50 bits per heavy atom. The number of rotatable bonds is 1. The lowest BCUT2D eigenvalue weighted by molar-refractivity contribution is 0.311. The average Bonchev–Trinajstić information content (AvgIpc) is 2.92. The third-order valence-electron chi connectivity index (χ3n) is 4.60. The molecular formula is C13H22N2S. The van der Waals surface area contributed by atoms with Gasteiger partial charge in [0.05, 0.1) is 0 Å². The number of nitrogens with zero attached hydrogens (tertiary/aromatic N) is 1. The van der Waals surface area contributed by atoms with Crippen LogP contribution in [-0.4, -0.2) is 28.6 Å². The molecule has 90 valence electrons. The van der Waals surface area contributed by atoms with Crippen molar-refractivity contribution in [2.24, 2.45) is 5.92 Å². The topological polar surface area (TPSA) is 15.3 Å². The highest BCUT2D eigenvalue weighted by atomic mass is 32.1. The van der Waals surface area contributed by atoms with Crippen molar-refractivity contribution < 1.29 is 0 Å². The van der Waals surface area contributed by atoms with E-state index >= 15 is 0 Å². The summed E-state index contributed by atoms with van der Waals surface area (Å²) >= 11 is 5.57. The second-order valence-corrected chi connectivity index (χ2v) is 6.16. The Labute approximate surface area is 104 Å². The van der Waals surface area contributed by atoms with E-state index in [-0.39, 0.29) is 0 Å². The number of thiocarbonyl (C=S) groups is 1. The van der Waals surface area contributed by atoms with Crippen molar-refractivity contribution >= 4 is 17.3 Å². The summed E-state index contributed by atoms with van der Waals surface area (Å²) < 4.78 is 0. The predicted molar refractivity (Wildman–Crippen MR) is 70.4 cm³/mol. The van der Waals surface area contributed by atoms with Gasteiger partial charge in [0.25, 0.3) is 0 Å². The second kappa shape index (κ2) is 4.52. The Kier molecular flexibility index (Phi) is 3.05. The Hall–Kier alpha value is -0.310. The number of likely N-dealkylation sites (tertiary alicyclic amines) is 1. The standard InChI is InChI=1S/C13H22N2S/c16-13(14-11-4-2-1-3-5-11)15-9-10-6-7-12(15)8-10/h10-12H,1-9H2,(H,14,16). The minimum absolute atomic E-state index is 0.667. The molecule has 0 aromatic heterocycles. The molecule has 0 amide bonds. The lowest BCUT2D eigenvalue weighted by Gasteiger charge is -2.33. The molecule has 2 aliphatic carbocycles. The number of piperidine rings is 1. The molecule has 2 unspecified atom stereocenters.